The molecule has 1 aromatic carbocycles. The van der Waals surface area contributed by atoms with Crippen molar-refractivity contribution in [1.82, 2.24) is 19.7 Å². The largest absolute Gasteiger partial charge is 0.440 e. The van der Waals surface area contributed by atoms with Gasteiger partial charge in [0, 0.05) is 25.8 Å². The van der Waals surface area contributed by atoms with Gasteiger partial charge in [0.15, 0.2) is 10.9 Å². The molecule has 2 aromatic heterocycles. The van der Waals surface area contributed by atoms with Crippen molar-refractivity contribution >= 4 is 11.8 Å². The van der Waals surface area contributed by atoms with E-state index in [0.717, 1.165) is 17.7 Å². The van der Waals surface area contributed by atoms with Gasteiger partial charge in [0.25, 0.3) is 0 Å². The zero-order valence-corrected chi connectivity index (χ0v) is 14.1. The highest BCUT2D eigenvalue weighted by Gasteiger charge is 2.12. The summed E-state index contributed by atoms with van der Waals surface area (Å²) in [5, 5.41) is 7.15. The van der Waals surface area contributed by atoms with Crippen LogP contribution in [-0.4, -0.2) is 33.5 Å². The van der Waals surface area contributed by atoms with Crippen LogP contribution in [0.4, 0.5) is 0 Å². The minimum atomic E-state index is -0.217. The summed E-state index contributed by atoms with van der Waals surface area (Å²) in [5.74, 6) is 1.82. The maximum absolute atomic E-state index is 11.8. The number of methoxy groups -OCH3 is 1. The minimum absolute atomic E-state index is 0.217. The highest BCUT2D eigenvalue weighted by Crippen LogP contribution is 2.24. The van der Waals surface area contributed by atoms with Crippen LogP contribution >= 0.6 is 11.8 Å². The van der Waals surface area contributed by atoms with Gasteiger partial charge in [-0.15, -0.1) is 5.10 Å². The summed E-state index contributed by atoms with van der Waals surface area (Å²) in [6.07, 6.45) is 2.46. The third-order valence-corrected chi connectivity index (χ3v) is 4.35. The van der Waals surface area contributed by atoms with E-state index < -0.39 is 0 Å². The summed E-state index contributed by atoms with van der Waals surface area (Å²) in [6.45, 7) is 1.16. The second-order valence-electron chi connectivity index (χ2n) is 5.08. The highest BCUT2D eigenvalue weighted by molar-refractivity contribution is 7.98. The molecule has 0 atom stereocenters. The van der Waals surface area contributed by atoms with E-state index in [1.165, 1.54) is 11.8 Å². The smallest absolute Gasteiger partial charge is 0.343 e. The number of rotatable bonds is 8. The first kappa shape index (κ1) is 16.5. The van der Waals surface area contributed by atoms with Crippen molar-refractivity contribution < 1.29 is 9.15 Å². The normalized spacial score (nSPS) is 11.0. The third-order valence-electron chi connectivity index (χ3n) is 3.39. The first-order valence-electron chi connectivity index (χ1n) is 7.55. The number of oxazole rings is 1. The van der Waals surface area contributed by atoms with E-state index in [1.54, 1.807) is 17.9 Å². The highest BCUT2D eigenvalue weighted by atomic mass is 32.2. The molecule has 1 N–H and O–H groups in total. The Hall–Kier alpha value is -2.32. The van der Waals surface area contributed by atoms with Crippen LogP contribution < -0.4 is 5.69 Å². The van der Waals surface area contributed by atoms with Crippen LogP contribution in [0.1, 0.15) is 12.3 Å². The maximum atomic E-state index is 11.8. The standard InChI is InChI=1S/C16H18N4O3S/c1-22-9-5-8-20-15(21)18-19-16(20)24-11-14-17-10-13(23-14)12-6-3-2-4-7-12/h2-4,6-7,10H,5,8-9,11H2,1H3,(H,18,21). The van der Waals surface area contributed by atoms with Gasteiger partial charge in [-0.05, 0) is 6.42 Å². The molecule has 0 aliphatic rings. The lowest BCUT2D eigenvalue weighted by Gasteiger charge is -2.03. The van der Waals surface area contributed by atoms with Crippen molar-refractivity contribution in [3.05, 3.63) is 52.9 Å². The monoisotopic (exact) mass is 346 g/mol. The van der Waals surface area contributed by atoms with E-state index in [0.29, 0.717) is 30.0 Å². The van der Waals surface area contributed by atoms with E-state index in [9.17, 15) is 4.79 Å². The van der Waals surface area contributed by atoms with Crippen LogP contribution in [0.25, 0.3) is 11.3 Å². The molecule has 0 bridgehead atoms. The first-order chi connectivity index (χ1) is 11.8. The van der Waals surface area contributed by atoms with Crippen LogP contribution in [0.5, 0.6) is 0 Å². The minimum Gasteiger partial charge on any atom is -0.440 e. The van der Waals surface area contributed by atoms with Crippen molar-refractivity contribution in [2.24, 2.45) is 0 Å². The lowest BCUT2D eigenvalue weighted by Crippen LogP contribution is -2.18. The van der Waals surface area contributed by atoms with Gasteiger partial charge in [-0.2, -0.15) is 0 Å². The Morgan fingerprint density at radius 1 is 1.33 bits per heavy atom. The van der Waals surface area contributed by atoms with Crippen molar-refractivity contribution in [2.45, 2.75) is 23.9 Å². The molecule has 0 aliphatic heterocycles. The van der Waals surface area contributed by atoms with Gasteiger partial charge in [-0.1, -0.05) is 42.1 Å². The fourth-order valence-electron chi connectivity index (χ4n) is 2.22. The Morgan fingerprint density at radius 2 is 2.17 bits per heavy atom. The van der Waals surface area contributed by atoms with Crippen LogP contribution in [0.2, 0.25) is 0 Å². The van der Waals surface area contributed by atoms with Gasteiger partial charge in [0.1, 0.15) is 0 Å². The van der Waals surface area contributed by atoms with Gasteiger partial charge >= 0.3 is 5.69 Å². The number of H-pyrrole nitrogens is 1. The van der Waals surface area contributed by atoms with Crippen molar-refractivity contribution in [3.63, 3.8) is 0 Å². The summed E-state index contributed by atoms with van der Waals surface area (Å²) in [5.41, 5.74) is 0.767. The Bertz CT molecular complexity index is 825. The topological polar surface area (TPSA) is 85.9 Å². The molecular formula is C16H18N4O3S. The van der Waals surface area contributed by atoms with Crippen molar-refractivity contribution in [2.75, 3.05) is 13.7 Å². The summed E-state index contributed by atoms with van der Waals surface area (Å²) in [6, 6.07) is 9.80. The molecule has 0 amide bonds. The molecule has 3 aromatic rings. The van der Waals surface area contributed by atoms with Gasteiger partial charge in [0.2, 0.25) is 5.89 Å². The number of nitrogens with zero attached hydrogens (tertiary/aromatic N) is 3. The number of aromatic amines is 1. The number of thioether (sulfide) groups is 1. The Labute approximate surface area is 143 Å². The van der Waals surface area contributed by atoms with Crippen molar-refractivity contribution in [3.8, 4) is 11.3 Å². The van der Waals surface area contributed by atoms with Crippen LogP contribution in [0.15, 0.2) is 50.9 Å². The van der Waals surface area contributed by atoms with E-state index in [2.05, 4.69) is 15.2 Å². The fraction of sp³-hybridized carbons (Fsp3) is 0.312. The number of ether oxygens (including phenoxy) is 1. The zero-order valence-electron chi connectivity index (χ0n) is 13.3. The Balaban J connectivity index is 1.64. The summed E-state index contributed by atoms with van der Waals surface area (Å²) in [4.78, 5) is 16.1. The maximum Gasteiger partial charge on any atom is 0.343 e. The summed E-state index contributed by atoms with van der Waals surface area (Å²) < 4.78 is 12.4. The lowest BCUT2D eigenvalue weighted by atomic mass is 10.2. The molecule has 0 unspecified atom stereocenters. The molecule has 0 saturated heterocycles. The predicted octanol–water partition coefficient (Wildman–Crippen LogP) is 2.56. The molecular weight excluding hydrogens is 328 g/mol. The molecule has 0 fully saturated rings. The SMILES string of the molecule is COCCCn1c(SCc2ncc(-c3ccccc3)o2)n[nH]c1=O. The number of aromatic nitrogens is 4. The third kappa shape index (κ3) is 3.95. The molecule has 0 radical (unpaired) electrons. The quantitative estimate of drug-likeness (QED) is 0.498. The average molecular weight is 346 g/mol. The van der Waals surface area contributed by atoms with Gasteiger partial charge < -0.3 is 9.15 Å². The number of benzene rings is 1. The van der Waals surface area contributed by atoms with E-state index in [1.807, 2.05) is 30.3 Å². The Morgan fingerprint density at radius 3 is 2.96 bits per heavy atom. The molecule has 0 saturated carbocycles. The molecule has 2 heterocycles. The molecule has 7 nitrogen and oxygen atoms in total. The van der Waals surface area contributed by atoms with Crippen molar-refractivity contribution in [1.29, 1.82) is 0 Å². The zero-order chi connectivity index (χ0) is 16.8. The van der Waals surface area contributed by atoms with Crippen LogP contribution in [0, 0.1) is 0 Å². The fourth-order valence-corrected chi connectivity index (χ4v) is 3.04. The first-order valence-corrected chi connectivity index (χ1v) is 8.53. The molecule has 126 valence electrons. The van der Waals surface area contributed by atoms with Crippen LogP contribution in [0.3, 0.4) is 0 Å². The van der Waals surface area contributed by atoms with Gasteiger partial charge in [0.05, 0.1) is 11.9 Å². The van der Waals surface area contributed by atoms with Gasteiger partial charge in [-0.3, -0.25) is 4.57 Å². The average Bonchev–Trinajstić information content (AvgIpc) is 3.22. The molecule has 0 aliphatic carbocycles. The van der Waals surface area contributed by atoms with E-state index in [4.69, 9.17) is 9.15 Å². The van der Waals surface area contributed by atoms with E-state index >= 15 is 0 Å². The predicted molar refractivity (Wildman–Crippen MR) is 90.8 cm³/mol. The van der Waals surface area contributed by atoms with Gasteiger partial charge in [-0.25, -0.2) is 14.9 Å². The summed E-state index contributed by atoms with van der Waals surface area (Å²) >= 11 is 1.41. The molecule has 0 spiro atoms. The van der Waals surface area contributed by atoms with Crippen LogP contribution in [-0.2, 0) is 17.0 Å². The lowest BCUT2D eigenvalue weighted by molar-refractivity contribution is 0.189. The molecule has 24 heavy (non-hydrogen) atoms. The molecule has 3 rings (SSSR count). The summed E-state index contributed by atoms with van der Waals surface area (Å²) in [7, 11) is 1.64. The second kappa shape index (κ2) is 7.98. The Kier molecular flexibility index (Phi) is 5.50. The second-order valence-corrected chi connectivity index (χ2v) is 6.02. The number of hydrogen-bond acceptors (Lipinski definition) is 6. The van der Waals surface area contributed by atoms with E-state index in [-0.39, 0.29) is 5.69 Å². The number of hydrogen-bond donors (Lipinski definition) is 1. The number of nitrogens with one attached hydrogen (secondary N) is 1. The molecule has 8 heteroatoms.